The standard InChI is InChI=1S/C9H13NO2S/c1-12-7-3-2-4-8(9(7)10)13-6-5-11/h2-4,11H,5-6,10H2,1H3. The van der Waals surface area contributed by atoms with Gasteiger partial charge in [0.1, 0.15) is 5.75 Å². The number of anilines is 1. The second kappa shape index (κ2) is 4.99. The van der Waals surface area contributed by atoms with Crippen LogP contribution in [0, 0.1) is 0 Å². The van der Waals surface area contributed by atoms with Gasteiger partial charge in [-0.2, -0.15) is 0 Å². The van der Waals surface area contributed by atoms with Crippen LogP contribution in [0.4, 0.5) is 5.69 Å². The summed E-state index contributed by atoms with van der Waals surface area (Å²) in [5.41, 5.74) is 6.45. The minimum atomic E-state index is 0.154. The Kier molecular flexibility index (Phi) is 3.92. The van der Waals surface area contributed by atoms with Crippen LogP contribution >= 0.6 is 11.8 Å². The van der Waals surface area contributed by atoms with E-state index in [1.807, 2.05) is 18.2 Å². The Balaban J connectivity index is 2.81. The Morgan fingerprint density at radius 3 is 2.92 bits per heavy atom. The summed E-state index contributed by atoms with van der Waals surface area (Å²) >= 11 is 1.52. The zero-order valence-corrected chi connectivity index (χ0v) is 8.30. The van der Waals surface area contributed by atoms with Crippen LogP contribution in [-0.4, -0.2) is 24.6 Å². The summed E-state index contributed by atoms with van der Waals surface area (Å²) in [4.78, 5) is 0.952. The van der Waals surface area contributed by atoms with Crippen LogP contribution in [0.15, 0.2) is 23.1 Å². The minimum absolute atomic E-state index is 0.154. The van der Waals surface area contributed by atoms with Gasteiger partial charge >= 0.3 is 0 Å². The van der Waals surface area contributed by atoms with Gasteiger partial charge in [-0.05, 0) is 12.1 Å². The van der Waals surface area contributed by atoms with E-state index in [0.29, 0.717) is 17.2 Å². The number of ether oxygens (including phenoxy) is 1. The van der Waals surface area contributed by atoms with Crippen LogP contribution in [0.2, 0.25) is 0 Å². The number of nitrogens with two attached hydrogens (primary N) is 1. The van der Waals surface area contributed by atoms with Gasteiger partial charge in [0.15, 0.2) is 0 Å². The molecule has 13 heavy (non-hydrogen) atoms. The number of nitrogen functional groups attached to an aromatic ring is 1. The summed E-state index contributed by atoms with van der Waals surface area (Å²) in [6.07, 6.45) is 0. The van der Waals surface area contributed by atoms with Crippen molar-refractivity contribution in [3.63, 3.8) is 0 Å². The number of methoxy groups -OCH3 is 1. The van der Waals surface area contributed by atoms with Crippen molar-refractivity contribution in [2.45, 2.75) is 4.90 Å². The van der Waals surface area contributed by atoms with Crippen LogP contribution in [0.3, 0.4) is 0 Å². The minimum Gasteiger partial charge on any atom is -0.495 e. The van der Waals surface area contributed by atoms with Crippen LogP contribution in [-0.2, 0) is 0 Å². The molecule has 3 nitrogen and oxygen atoms in total. The van der Waals surface area contributed by atoms with Crippen molar-refractivity contribution in [3.05, 3.63) is 18.2 Å². The molecule has 3 N–H and O–H groups in total. The third-order valence-corrected chi connectivity index (χ3v) is 2.65. The fourth-order valence-electron chi connectivity index (χ4n) is 0.983. The van der Waals surface area contributed by atoms with Gasteiger partial charge in [0.25, 0.3) is 0 Å². The van der Waals surface area contributed by atoms with Gasteiger partial charge in [-0.1, -0.05) is 6.07 Å². The lowest BCUT2D eigenvalue weighted by atomic mass is 10.3. The Morgan fingerprint density at radius 1 is 1.54 bits per heavy atom. The zero-order valence-electron chi connectivity index (χ0n) is 7.49. The summed E-state index contributed by atoms with van der Waals surface area (Å²) in [5, 5.41) is 8.65. The van der Waals surface area contributed by atoms with Crippen molar-refractivity contribution in [2.24, 2.45) is 0 Å². The van der Waals surface area contributed by atoms with E-state index in [1.165, 1.54) is 11.8 Å². The number of rotatable bonds is 4. The predicted octanol–water partition coefficient (Wildman–Crippen LogP) is 1.36. The van der Waals surface area contributed by atoms with E-state index in [9.17, 15) is 0 Å². The molecule has 0 unspecified atom stereocenters. The Morgan fingerprint density at radius 2 is 2.31 bits per heavy atom. The molecule has 4 heteroatoms. The van der Waals surface area contributed by atoms with Gasteiger partial charge in [-0.15, -0.1) is 11.8 Å². The van der Waals surface area contributed by atoms with E-state index in [4.69, 9.17) is 15.6 Å². The first-order chi connectivity index (χ1) is 6.29. The zero-order chi connectivity index (χ0) is 9.68. The number of hydrogen-bond donors (Lipinski definition) is 2. The highest BCUT2D eigenvalue weighted by Gasteiger charge is 2.04. The highest BCUT2D eigenvalue weighted by Crippen LogP contribution is 2.31. The predicted molar refractivity (Wildman–Crippen MR) is 55.2 cm³/mol. The maximum absolute atomic E-state index is 8.65. The number of benzene rings is 1. The van der Waals surface area contributed by atoms with Crippen molar-refractivity contribution in [2.75, 3.05) is 25.2 Å². The lowest BCUT2D eigenvalue weighted by Crippen LogP contribution is -1.95. The summed E-state index contributed by atoms with van der Waals surface area (Å²) < 4.78 is 5.06. The van der Waals surface area contributed by atoms with Crippen LogP contribution < -0.4 is 10.5 Å². The van der Waals surface area contributed by atoms with E-state index < -0.39 is 0 Å². The number of para-hydroxylation sites is 1. The molecule has 0 atom stereocenters. The largest absolute Gasteiger partial charge is 0.495 e. The molecule has 0 aromatic heterocycles. The Labute approximate surface area is 81.9 Å². The molecule has 0 heterocycles. The van der Waals surface area contributed by atoms with Gasteiger partial charge in [0.2, 0.25) is 0 Å². The molecule has 0 radical (unpaired) electrons. The maximum atomic E-state index is 8.65. The average Bonchev–Trinajstić information content (AvgIpc) is 2.16. The highest BCUT2D eigenvalue weighted by molar-refractivity contribution is 7.99. The summed E-state index contributed by atoms with van der Waals surface area (Å²) in [6, 6.07) is 5.62. The molecular weight excluding hydrogens is 186 g/mol. The van der Waals surface area contributed by atoms with Crippen molar-refractivity contribution < 1.29 is 9.84 Å². The van der Waals surface area contributed by atoms with Crippen LogP contribution in [0.5, 0.6) is 5.75 Å². The molecule has 1 aromatic carbocycles. The fraction of sp³-hybridized carbons (Fsp3) is 0.333. The quantitative estimate of drug-likeness (QED) is 0.568. The van der Waals surface area contributed by atoms with E-state index >= 15 is 0 Å². The van der Waals surface area contributed by atoms with E-state index in [2.05, 4.69) is 0 Å². The summed E-state index contributed by atoms with van der Waals surface area (Å²) in [6.45, 7) is 0.154. The third kappa shape index (κ3) is 2.54. The van der Waals surface area contributed by atoms with Crippen LogP contribution in [0.25, 0.3) is 0 Å². The lowest BCUT2D eigenvalue weighted by molar-refractivity contribution is 0.322. The van der Waals surface area contributed by atoms with Gasteiger partial charge in [0, 0.05) is 10.6 Å². The average molecular weight is 199 g/mol. The molecule has 0 spiro atoms. The van der Waals surface area contributed by atoms with Crippen molar-refractivity contribution in [3.8, 4) is 5.75 Å². The Bertz CT molecular complexity index is 278. The van der Waals surface area contributed by atoms with Gasteiger partial charge < -0.3 is 15.6 Å². The first-order valence-electron chi connectivity index (χ1n) is 3.95. The topological polar surface area (TPSA) is 55.5 Å². The molecule has 0 amide bonds. The second-order valence-electron chi connectivity index (χ2n) is 2.44. The first kappa shape index (κ1) is 10.2. The van der Waals surface area contributed by atoms with Crippen LogP contribution in [0.1, 0.15) is 0 Å². The first-order valence-corrected chi connectivity index (χ1v) is 4.94. The molecule has 1 aromatic rings. The second-order valence-corrected chi connectivity index (χ2v) is 3.58. The molecule has 0 fully saturated rings. The van der Waals surface area contributed by atoms with Gasteiger partial charge in [-0.3, -0.25) is 0 Å². The van der Waals surface area contributed by atoms with Gasteiger partial charge in [0.05, 0.1) is 19.4 Å². The van der Waals surface area contributed by atoms with E-state index in [1.54, 1.807) is 7.11 Å². The Hall–Kier alpha value is -0.870. The van der Waals surface area contributed by atoms with E-state index in [0.717, 1.165) is 4.90 Å². The monoisotopic (exact) mass is 199 g/mol. The molecule has 0 aliphatic heterocycles. The summed E-state index contributed by atoms with van der Waals surface area (Å²) in [5.74, 6) is 1.33. The molecule has 0 aliphatic rings. The van der Waals surface area contributed by atoms with Gasteiger partial charge in [-0.25, -0.2) is 0 Å². The smallest absolute Gasteiger partial charge is 0.142 e. The fourth-order valence-corrected chi connectivity index (χ4v) is 1.73. The van der Waals surface area contributed by atoms with Crippen molar-refractivity contribution in [1.29, 1.82) is 0 Å². The molecule has 0 saturated heterocycles. The number of hydrogen-bond acceptors (Lipinski definition) is 4. The lowest BCUT2D eigenvalue weighted by Gasteiger charge is -2.08. The number of thioether (sulfide) groups is 1. The maximum Gasteiger partial charge on any atom is 0.142 e. The number of aliphatic hydroxyl groups excluding tert-OH is 1. The molecular formula is C9H13NO2S. The summed E-state index contributed by atoms with van der Waals surface area (Å²) in [7, 11) is 1.59. The SMILES string of the molecule is COc1cccc(SCCO)c1N. The molecule has 0 bridgehead atoms. The third-order valence-electron chi connectivity index (χ3n) is 1.59. The van der Waals surface area contributed by atoms with Crippen molar-refractivity contribution in [1.82, 2.24) is 0 Å². The van der Waals surface area contributed by atoms with Crippen molar-refractivity contribution >= 4 is 17.4 Å². The molecule has 1 rings (SSSR count). The number of aliphatic hydroxyl groups is 1. The molecule has 0 aliphatic carbocycles. The molecule has 0 saturated carbocycles. The molecule has 72 valence electrons. The normalized spacial score (nSPS) is 10.0. The van der Waals surface area contributed by atoms with E-state index in [-0.39, 0.29) is 6.61 Å². The highest BCUT2D eigenvalue weighted by atomic mass is 32.2.